The Morgan fingerprint density at radius 3 is 2.03 bits per heavy atom. The van der Waals surface area contributed by atoms with Gasteiger partial charge in [0.2, 0.25) is 5.91 Å². The molecule has 0 aromatic heterocycles. The maximum Gasteiger partial charge on any atom is 0.250 e. The summed E-state index contributed by atoms with van der Waals surface area (Å²) in [5.41, 5.74) is 23.0. The number of rotatable bonds is 9. The van der Waals surface area contributed by atoms with Crippen molar-refractivity contribution in [3.8, 4) is 0 Å². The molecule has 2 saturated heterocycles. The van der Waals surface area contributed by atoms with Crippen LogP contribution in [0.1, 0.15) is 6.42 Å². The van der Waals surface area contributed by atoms with E-state index in [0.717, 1.165) is 0 Å². The Labute approximate surface area is 223 Å². The highest BCUT2D eigenvalue weighted by atomic mass is 16.7. The van der Waals surface area contributed by atoms with Crippen LogP contribution >= 0.6 is 0 Å². The molecule has 0 aromatic carbocycles. The van der Waals surface area contributed by atoms with E-state index >= 15 is 0 Å². The van der Waals surface area contributed by atoms with Crippen LogP contribution in [0.3, 0.4) is 0 Å². The van der Waals surface area contributed by atoms with E-state index in [-0.39, 0.29) is 13.0 Å². The van der Waals surface area contributed by atoms with E-state index in [1.165, 1.54) is 0 Å². The van der Waals surface area contributed by atoms with Gasteiger partial charge in [-0.1, -0.05) is 0 Å². The fourth-order valence-corrected chi connectivity index (χ4v) is 4.89. The first-order chi connectivity index (χ1) is 18.4. The second-order valence-electron chi connectivity index (χ2n) is 9.99. The number of amides is 1. The zero-order valence-electron chi connectivity index (χ0n) is 21.0. The van der Waals surface area contributed by atoms with E-state index in [4.69, 9.17) is 41.9 Å². The SMILES string of the molecule is NCC(O)C(=O)NC1CC(N)C(O[C@@H]2OC(CN)[C@@H](O)C(O)C2O)[C@H](O)C1O[C@H]1OC(CO)[C@@H](O)C(N)C1O. The fraction of sp³-hybridized carbons (Fsp3) is 0.952. The molecular weight excluding hydrogens is 530 g/mol. The second kappa shape index (κ2) is 13.7. The first-order valence-corrected chi connectivity index (χ1v) is 12.6. The van der Waals surface area contributed by atoms with Crippen LogP contribution in [0.15, 0.2) is 0 Å². The van der Waals surface area contributed by atoms with Gasteiger partial charge >= 0.3 is 0 Å². The highest BCUT2D eigenvalue weighted by Crippen LogP contribution is 2.32. The lowest BCUT2D eigenvalue weighted by molar-refractivity contribution is -0.332. The summed E-state index contributed by atoms with van der Waals surface area (Å²) in [5, 5.41) is 84.4. The molecule has 18 nitrogen and oxygen atoms in total. The minimum Gasteiger partial charge on any atom is -0.394 e. The third-order valence-electron chi connectivity index (χ3n) is 7.29. The average molecular weight is 572 g/mol. The monoisotopic (exact) mass is 571 g/mol. The van der Waals surface area contributed by atoms with Gasteiger partial charge in [-0.15, -0.1) is 0 Å². The zero-order chi connectivity index (χ0) is 29.2. The van der Waals surface area contributed by atoms with E-state index < -0.39 is 117 Å². The topological polar surface area (TPSA) is 332 Å². The van der Waals surface area contributed by atoms with Gasteiger partial charge in [0, 0.05) is 19.1 Å². The summed E-state index contributed by atoms with van der Waals surface area (Å²) in [6.07, 6.45) is -19.9. The van der Waals surface area contributed by atoms with E-state index in [1.807, 2.05) is 0 Å². The van der Waals surface area contributed by atoms with E-state index in [2.05, 4.69) is 5.32 Å². The van der Waals surface area contributed by atoms with Crippen molar-refractivity contribution in [2.45, 2.75) is 104 Å². The Bertz CT molecular complexity index is 799. The van der Waals surface area contributed by atoms with Crippen LogP contribution < -0.4 is 28.3 Å². The molecule has 2 aliphatic heterocycles. The molecule has 3 rings (SSSR count). The van der Waals surface area contributed by atoms with Gasteiger partial charge in [-0.2, -0.15) is 0 Å². The molecular formula is C21H41N5O13. The number of hydrogen-bond donors (Lipinski definition) is 13. The van der Waals surface area contributed by atoms with Gasteiger partial charge in [0.15, 0.2) is 12.6 Å². The van der Waals surface area contributed by atoms with Crippen molar-refractivity contribution in [3.05, 3.63) is 0 Å². The molecule has 11 unspecified atom stereocenters. The number of nitrogens with two attached hydrogens (primary N) is 4. The largest absolute Gasteiger partial charge is 0.394 e. The minimum atomic E-state index is -1.76. The molecule has 17 N–H and O–H groups in total. The number of carbonyl (C=O) groups is 1. The van der Waals surface area contributed by atoms with E-state index in [1.54, 1.807) is 0 Å². The van der Waals surface area contributed by atoms with Crippen LogP contribution in [0, 0.1) is 0 Å². The van der Waals surface area contributed by atoms with Crippen LogP contribution in [0.25, 0.3) is 0 Å². The smallest absolute Gasteiger partial charge is 0.250 e. The third-order valence-corrected chi connectivity index (χ3v) is 7.29. The van der Waals surface area contributed by atoms with Crippen molar-refractivity contribution in [2.24, 2.45) is 22.9 Å². The first kappa shape index (κ1) is 32.3. The molecule has 16 atom stereocenters. The van der Waals surface area contributed by atoms with Crippen molar-refractivity contribution in [3.63, 3.8) is 0 Å². The molecule has 228 valence electrons. The molecule has 0 radical (unpaired) electrons. The number of nitrogens with one attached hydrogen (secondary N) is 1. The molecule has 2 heterocycles. The molecule has 3 aliphatic rings. The quantitative estimate of drug-likeness (QED) is 0.122. The summed E-state index contributed by atoms with van der Waals surface area (Å²) in [6.45, 7) is -1.32. The lowest BCUT2D eigenvalue weighted by Gasteiger charge is -2.49. The van der Waals surface area contributed by atoms with Crippen LogP contribution in [0.2, 0.25) is 0 Å². The predicted octanol–water partition coefficient (Wildman–Crippen LogP) is -8.81. The first-order valence-electron chi connectivity index (χ1n) is 12.6. The molecule has 18 heteroatoms. The summed E-state index contributed by atoms with van der Waals surface area (Å²) < 4.78 is 22.4. The lowest BCUT2D eigenvalue weighted by atomic mass is 9.83. The number of ether oxygens (including phenoxy) is 4. The highest BCUT2D eigenvalue weighted by Gasteiger charge is 2.52. The summed E-state index contributed by atoms with van der Waals surface area (Å²) in [7, 11) is 0. The van der Waals surface area contributed by atoms with Crippen LogP contribution in [0.4, 0.5) is 0 Å². The van der Waals surface area contributed by atoms with Gasteiger partial charge in [-0.05, 0) is 6.42 Å². The summed E-state index contributed by atoms with van der Waals surface area (Å²) in [5.74, 6) is -0.908. The van der Waals surface area contributed by atoms with Crippen molar-refractivity contribution >= 4 is 5.91 Å². The molecule has 39 heavy (non-hydrogen) atoms. The normalized spacial score (nSPS) is 47.9. The second-order valence-corrected chi connectivity index (χ2v) is 9.99. The average Bonchev–Trinajstić information content (AvgIpc) is 2.92. The Morgan fingerprint density at radius 2 is 1.44 bits per heavy atom. The Morgan fingerprint density at radius 1 is 0.846 bits per heavy atom. The van der Waals surface area contributed by atoms with Crippen molar-refractivity contribution in [1.82, 2.24) is 5.32 Å². The van der Waals surface area contributed by atoms with Gasteiger partial charge in [0.25, 0.3) is 0 Å². The predicted molar refractivity (Wildman–Crippen MR) is 127 cm³/mol. The summed E-state index contributed by atoms with van der Waals surface area (Å²) in [6, 6.07) is -3.48. The van der Waals surface area contributed by atoms with Gasteiger partial charge in [-0.3, -0.25) is 4.79 Å². The Hall–Kier alpha value is -1.17. The molecule has 0 bridgehead atoms. The number of hydrogen-bond acceptors (Lipinski definition) is 17. The minimum absolute atomic E-state index is 0.148. The number of aliphatic hydroxyl groups is 8. The molecule has 0 aromatic rings. The van der Waals surface area contributed by atoms with Crippen molar-refractivity contribution in [1.29, 1.82) is 0 Å². The molecule has 1 aliphatic carbocycles. The van der Waals surface area contributed by atoms with Crippen molar-refractivity contribution < 1.29 is 64.6 Å². The summed E-state index contributed by atoms with van der Waals surface area (Å²) in [4.78, 5) is 12.4. The highest BCUT2D eigenvalue weighted by molar-refractivity contribution is 5.81. The van der Waals surface area contributed by atoms with Crippen LogP contribution in [-0.2, 0) is 23.7 Å². The van der Waals surface area contributed by atoms with Crippen molar-refractivity contribution in [2.75, 3.05) is 19.7 Å². The third kappa shape index (κ3) is 6.84. The van der Waals surface area contributed by atoms with Crippen LogP contribution in [0.5, 0.6) is 0 Å². The molecule has 1 saturated carbocycles. The maximum absolute atomic E-state index is 12.4. The number of carbonyl (C=O) groups excluding carboxylic acids is 1. The van der Waals surface area contributed by atoms with Gasteiger partial charge in [0.05, 0.1) is 18.7 Å². The fourth-order valence-electron chi connectivity index (χ4n) is 4.89. The molecule has 1 amide bonds. The van der Waals surface area contributed by atoms with E-state index in [9.17, 15) is 45.6 Å². The summed E-state index contributed by atoms with van der Waals surface area (Å²) >= 11 is 0. The van der Waals surface area contributed by atoms with E-state index in [0.29, 0.717) is 0 Å². The molecule has 3 fully saturated rings. The number of aliphatic hydroxyl groups excluding tert-OH is 8. The standard InChI is InChI=1S/C21H41N5O13/c22-2-7(28)19(35)26-6-1-5(24)17(38-21-15(33)14(32)12(30)8(3-23)36-21)16(34)18(6)39-20-13(31)10(25)11(29)9(4-27)37-20/h5-18,20-21,27-34H,1-4,22-25H2,(H,26,35)/t5?,6?,7?,8?,9?,10?,11-,12-,13?,14?,15?,16+,17?,18?,20-,21+/m1/s1. The van der Waals surface area contributed by atoms with Gasteiger partial charge in [-0.25, -0.2) is 0 Å². The zero-order valence-corrected chi connectivity index (χ0v) is 21.0. The van der Waals surface area contributed by atoms with Gasteiger partial charge in [0.1, 0.15) is 67.1 Å². The Kier molecular flexibility index (Phi) is 11.3. The maximum atomic E-state index is 12.4. The Balaban J connectivity index is 1.85. The lowest BCUT2D eigenvalue weighted by Crippen LogP contribution is -2.69. The van der Waals surface area contributed by atoms with Crippen LogP contribution in [-0.4, -0.2) is 164 Å². The van der Waals surface area contributed by atoms with Gasteiger partial charge < -0.3 is 88.1 Å². The molecule has 0 spiro atoms.